The molecule has 0 aliphatic carbocycles. The van der Waals surface area contributed by atoms with Gasteiger partial charge in [0.25, 0.3) is 0 Å². The second-order valence-corrected chi connectivity index (χ2v) is 4.44. The zero-order valence-corrected chi connectivity index (χ0v) is 9.83. The smallest absolute Gasteiger partial charge is 0.316 e. The first-order valence-corrected chi connectivity index (χ1v) is 6.08. The van der Waals surface area contributed by atoms with Crippen LogP contribution in [0.2, 0.25) is 0 Å². The first kappa shape index (κ1) is 12.1. The molecular weight excluding hydrogens is 212 g/mol. The molecule has 0 radical (unpaired) electrons. The Morgan fingerprint density at radius 1 is 1.67 bits per heavy atom. The fourth-order valence-electron chi connectivity index (χ4n) is 1.21. The number of aryl methyl sites for hydroxylation is 1. The van der Waals surface area contributed by atoms with Crippen LogP contribution in [0.15, 0.2) is 12.4 Å². The highest BCUT2D eigenvalue weighted by Crippen LogP contribution is 2.20. The molecule has 0 bridgehead atoms. The highest BCUT2D eigenvalue weighted by Gasteiger charge is 2.15. The lowest BCUT2D eigenvalue weighted by atomic mass is 10.3. The van der Waals surface area contributed by atoms with Gasteiger partial charge >= 0.3 is 5.97 Å². The minimum atomic E-state index is -0.731. The van der Waals surface area contributed by atoms with Crippen LogP contribution in [0.1, 0.15) is 25.8 Å². The molecule has 4 nitrogen and oxygen atoms in total. The third-order valence-electron chi connectivity index (χ3n) is 2.11. The largest absolute Gasteiger partial charge is 0.480 e. The molecule has 1 N–H and O–H groups in total. The van der Waals surface area contributed by atoms with Crippen molar-refractivity contribution in [3.63, 3.8) is 0 Å². The molecular formula is C10H16N2O2S. The van der Waals surface area contributed by atoms with Gasteiger partial charge in [0.1, 0.15) is 5.25 Å². The number of aromatic nitrogens is 2. The Hall–Kier alpha value is -0.970. The van der Waals surface area contributed by atoms with Crippen molar-refractivity contribution in [1.29, 1.82) is 0 Å². The monoisotopic (exact) mass is 228 g/mol. The number of hydrogen-bond donors (Lipinski definition) is 1. The van der Waals surface area contributed by atoms with E-state index in [4.69, 9.17) is 5.11 Å². The summed E-state index contributed by atoms with van der Waals surface area (Å²) in [6.45, 7) is 4.76. The average Bonchev–Trinajstić information content (AvgIpc) is 2.66. The Bertz CT molecular complexity index is 325. The molecule has 0 aliphatic rings. The maximum absolute atomic E-state index is 10.8. The van der Waals surface area contributed by atoms with Crippen molar-refractivity contribution in [1.82, 2.24) is 9.78 Å². The molecule has 1 aromatic rings. The Balaban J connectivity index is 2.45. The molecule has 0 aromatic carbocycles. The number of aliphatic carboxylic acids is 1. The van der Waals surface area contributed by atoms with Gasteiger partial charge in [0, 0.05) is 18.5 Å². The molecule has 84 valence electrons. The van der Waals surface area contributed by atoms with Gasteiger partial charge in [-0.05, 0) is 18.9 Å². The van der Waals surface area contributed by atoms with E-state index in [2.05, 4.69) is 5.10 Å². The highest BCUT2D eigenvalue weighted by molar-refractivity contribution is 7.99. The minimum absolute atomic E-state index is 0.310. The summed E-state index contributed by atoms with van der Waals surface area (Å²) < 4.78 is 1.84. The van der Waals surface area contributed by atoms with Gasteiger partial charge in [-0.15, -0.1) is 11.8 Å². The van der Waals surface area contributed by atoms with Gasteiger partial charge in [-0.25, -0.2) is 0 Å². The van der Waals surface area contributed by atoms with Gasteiger partial charge in [-0.3, -0.25) is 9.48 Å². The molecule has 0 saturated heterocycles. The number of carbonyl (C=O) groups is 1. The highest BCUT2D eigenvalue weighted by atomic mass is 32.2. The SMILES string of the molecule is CCC(SCc1cnn(CC)c1)C(=O)O. The normalized spacial score (nSPS) is 12.7. The first-order chi connectivity index (χ1) is 7.17. The predicted octanol–water partition coefficient (Wildman–Crippen LogP) is 2.00. The van der Waals surface area contributed by atoms with Crippen LogP contribution in [0, 0.1) is 0 Å². The van der Waals surface area contributed by atoms with Crippen molar-refractivity contribution in [2.24, 2.45) is 0 Å². The van der Waals surface area contributed by atoms with Crippen LogP contribution < -0.4 is 0 Å². The molecule has 0 spiro atoms. The summed E-state index contributed by atoms with van der Waals surface area (Å²) in [5, 5.41) is 12.7. The van der Waals surface area contributed by atoms with Crippen molar-refractivity contribution in [2.75, 3.05) is 0 Å². The number of rotatable bonds is 6. The summed E-state index contributed by atoms with van der Waals surface area (Å²) >= 11 is 1.45. The van der Waals surface area contributed by atoms with Crippen molar-refractivity contribution in [3.8, 4) is 0 Å². The van der Waals surface area contributed by atoms with Crippen LogP contribution in [0.25, 0.3) is 0 Å². The van der Waals surface area contributed by atoms with E-state index in [0.717, 1.165) is 12.1 Å². The van der Waals surface area contributed by atoms with E-state index in [9.17, 15) is 4.79 Å². The van der Waals surface area contributed by atoms with Crippen LogP contribution in [0.3, 0.4) is 0 Å². The van der Waals surface area contributed by atoms with E-state index < -0.39 is 5.97 Å². The summed E-state index contributed by atoms with van der Waals surface area (Å²) in [6.07, 6.45) is 4.41. The van der Waals surface area contributed by atoms with E-state index in [-0.39, 0.29) is 5.25 Å². The van der Waals surface area contributed by atoms with Crippen LogP contribution in [-0.2, 0) is 17.1 Å². The molecule has 1 rings (SSSR count). The number of thioether (sulfide) groups is 1. The second kappa shape index (κ2) is 5.80. The van der Waals surface area contributed by atoms with Gasteiger partial charge < -0.3 is 5.11 Å². The number of carboxylic acid groups (broad SMARTS) is 1. The molecule has 5 heteroatoms. The molecule has 0 amide bonds. The summed E-state index contributed by atoms with van der Waals surface area (Å²) in [4.78, 5) is 10.8. The lowest BCUT2D eigenvalue weighted by Gasteiger charge is -2.07. The topological polar surface area (TPSA) is 55.1 Å². The van der Waals surface area contributed by atoms with Crippen LogP contribution >= 0.6 is 11.8 Å². The van der Waals surface area contributed by atoms with Gasteiger partial charge in [0.05, 0.1) is 6.20 Å². The molecule has 0 fully saturated rings. The van der Waals surface area contributed by atoms with Crippen LogP contribution in [-0.4, -0.2) is 26.1 Å². The Kier molecular flexibility index (Phi) is 4.68. The fourth-order valence-corrected chi connectivity index (χ4v) is 2.14. The summed E-state index contributed by atoms with van der Waals surface area (Å²) in [5.74, 6) is -0.0180. The quantitative estimate of drug-likeness (QED) is 0.809. The van der Waals surface area contributed by atoms with E-state index in [1.807, 2.05) is 24.7 Å². The summed E-state index contributed by atoms with van der Waals surface area (Å²) in [7, 11) is 0. The second-order valence-electron chi connectivity index (χ2n) is 3.25. The molecule has 1 aromatic heterocycles. The van der Waals surface area contributed by atoms with Crippen molar-refractivity contribution < 1.29 is 9.90 Å². The fraction of sp³-hybridized carbons (Fsp3) is 0.600. The Morgan fingerprint density at radius 2 is 2.40 bits per heavy atom. The third-order valence-corrected chi connectivity index (χ3v) is 3.55. The lowest BCUT2D eigenvalue weighted by molar-refractivity contribution is -0.136. The molecule has 0 aliphatic heterocycles. The molecule has 1 unspecified atom stereocenters. The van der Waals surface area contributed by atoms with Gasteiger partial charge in [-0.2, -0.15) is 5.10 Å². The summed E-state index contributed by atoms with van der Waals surface area (Å²) in [5.41, 5.74) is 1.08. The van der Waals surface area contributed by atoms with Crippen LogP contribution in [0.5, 0.6) is 0 Å². The van der Waals surface area contributed by atoms with Gasteiger partial charge in [0.15, 0.2) is 0 Å². The predicted molar refractivity (Wildman–Crippen MR) is 60.9 cm³/mol. The zero-order chi connectivity index (χ0) is 11.3. The van der Waals surface area contributed by atoms with E-state index in [0.29, 0.717) is 12.2 Å². The lowest BCUT2D eigenvalue weighted by Crippen LogP contribution is -2.14. The number of carboxylic acids is 1. The molecule has 0 saturated carbocycles. The van der Waals surface area contributed by atoms with Gasteiger partial charge in [0.2, 0.25) is 0 Å². The molecule has 1 atom stereocenters. The maximum atomic E-state index is 10.8. The van der Waals surface area contributed by atoms with Crippen molar-refractivity contribution >= 4 is 17.7 Å². The standard InChI is InChI=1S/C10H16N2O2S/c1-3-9(10(13)14)15-7-8-5-11-12(4-2)6-8/h5-6,9H,3-4,7H2,1-2H3,(H,13,14). The zero-order valence-electron chi connectivity index (χ0n) is 9.01. The number of hydrogen-bond acceptors (Lipinski definition) is 3. The average molecular weight is 228 g/mol. The van der Waals surface area contributed by atoms with Crippen molar-refractivity contribution in [3.05, 3.63) is 18.0 Å². The Labute approximate surface area is 93.7 Å². The van der Waals surface area contributed by atoms with Gasteiger partial charge in [-0.1, -0.05) is 6.92 Å². The number of nitrogens with zero attached hydrogens (tertiary/aromatic N) is 2. The van der Waals surface area contributed by atoms with Crippen LogP contribution in [0.4, 0.5) is 0 Å². The third kappa shape index (κ3) is 3.58. The minimum Gasteiger partial charge on any atom is -0.480 e. The van der Waals surface area contributed by atoms with E-state index in [1.54, 1.807) is 6.20 Å². The molecule has 15 heavy (non-hydrogen) atoms. The first-order valence-electron chi connectivity index (χ1n) is 5.03. The maximum Gasteiger partial charge on any atom is 0.316 e. The molecule has 1 heterocycles. The Morgan fingerprint density at radius 3 is 2.87 bits per heavy atom. The summed E-state index contributed by atoms with van der Waals surface area (Å²) in [6, 6.07) is 0. The van der Waals surface area contributed by atoms with E-state index in [1.165, 1.54) is 11.8 Å². The van der Waals surface area contributed by atoms with Crippen molar-refractivity contribution in [2.45, 2.75) is 37.8 Å². The van der Waals surface area contributed by atoms with E-state index >= 15 is 0 Å².